The Labute approximate surface area is 172 Å². The fraction of sp³-hybridized carbons (Fsp3) is 0.444. The molecule has 3 heterocycles. The summed E-state index contributed by atoms with van der Waals surface area (Å²) in [6, 6.07) is 3.49. The molecule has 1 saturated carbocycles. The number of hydrogen-bond donors (Lipinski definition) is 0. The van der Waals surface area contributed by atoms with Crippen molar-refractivity contribution >= 4 is 32.9 Å². The number of hydrogen-bond acceptors (Lipinski definition) is 5. The Morgan fingerprint density at radius 1 is 1.20 bits per heavy atom. The van der Waals surface area contributed by atoms with Crippen molar-refractivity contribution < 1.29 is 35.2 Å². The van der Waals surface area contributed by atoms with Crippen LogP contribution < -0.4 is 4.90 Å². The molecular weight excluding hydrogens is 451 g/mol. The maximum atomic E-state index is 13.6. The van der Waals surface area contributed by atoms with Crippen LogP contribution in [0.1, 0.15) is 51.5 Å². The number of halogens is 5. The first kappa shape index (κ1) is 21.2. The highest BCUT2D eigenvalue weighted by molar-refractivity contribution is 7.91. The summed E-state index contributed by atoms with van der Waals surface area (Å²) in [6.07, 6.45) is -4.02. The van der Waals surface area contributed by atoms with E-state index in [1.165, 1.54) is 13.0 Å². The molecule has 2 aromatic rings. The zero-order valence-electron chi connectivity index (χ0n) is 15.5. The second kappa shape index (κ2) is 6.71. The number of pyridine rings is 1. The molecule has 0 bridgehead atoms. The van der Waals surface area contributed by atoms with Crippen LogP contribution >= 0.6 is 11.3 Å². The summed E-state index contributed by atoms with van der Waals surface area (Å²) < 4.78 is 90.2. The van der Waals surface area contributed by atoms with E-state index in [9.17, 15) is 35.2 Å². The molecule has 1 fully saturated rings. The third kappa shape index (κ3) is 3.29. The lowest BCUT2D eigenvalue weighted by Gasteiger charge is -2.20. The van der Waals surface area contributed by atoms with Crippen molar-refractivity contribution in [2.75, 3.05) is 10.7 Å². The van der Waals surface area contributed by atoms with Crippen molar-refractivity contribution in [2.24, 2.45) is 0 Å². The van der Waals surface area contributed by atoms with E-state index in [1.54, 1.807) is 6.07 Å². The molecule has 0 spiro atoms. The number of fused-ring (bicyclic) bond motifs is 1. The summed E-state index contributed by atoms with van der Waals surface area (Å²) in [6.45, 7) is 1.11. The van der Waals surface area contributed by atoms with Gasteiger partial charge in [0.2, 0.25) is 0 Å². The largest absolute Gasteiger partial charge is 0.458 e. The summed E-state index contributed by atoms with van der Waals surface area (Å²) in [5.41, 5.74) is 0.324. The van der Waals surface area contributed by atoms with E-state index in [4.69, 9.17) is 0 Å². The number of sulfone groups is 1. The minimum atomic E-state index is -5.78. The third-order valence-electron chi connectivity index (χ3n) is 5.08. The monoisotopic (exact) mass is 466 g/mol. The van der Waals surface area contributed by atoms with Crippen LogP contribution in [-0.2, 0) is 22.3 Å². The lowest BCUT2D eigenvalue weighted by atomic mass is 10.2. The number of aromatic nitrogens is 1. The molecule has 2 aliphatic rings. The van der Waals surface area contributed by atoms with Gasteiger partial charge < -0.3 is 0 Å². The van der Waals surface area contributed by atoms with Gasteiger partial charge in [0.25, 0.3) is 5.91 Å². The van der Waals surface area contributed by atoms with E-state index in [2.05, 4.69) is 4.98 Å². The molecule has 162 valence electrons. The molecule has 1 aliphatic heterocycles. The van der Waals surface area contributed by atoms with Crippen molar-refractivity contribution in [3.63, 3.8) is 0 Å². The molecular formula is C18H15F5N2O3S2. The standard InChI is InChI=1S/C18H15F5N2O3S2/c1-2-30(27,28)13-6-5-11(9-3-4-9)24-15(13)25-8-12-10(16(25)26)7-14(29-12)17(19,20)18(21,22)23/h5-7,9H,2-4,8H2,1H3. The van der Waals surface area contributed by atoms with Crippen LogP contribution in [0, 0.1) is 0 Å². The van der Waals surface area contributed by atoms with Crippen LogP contribution in [0.3, 0.4) is 0 Å². The second-order valence-electron chi connectivity index (χ2n) is 7.15. The number of carbonyl (C=O) groups excluding carboxylic acids is 1. The molecule has 30 heavy (non-hydrogen) atoms. The predicted molar refractivity (Wildman–Crippen MR) is 98.7 cm³/mol. The summed E-state index contributed by atoms with van der Waals surface area (Å²) in [4.78, 5) is 16.8. The van der Waals surface area contributed by atoms with Gasteiger partial charge in [-0.1, -0.05) is 6.92 Å². The average Bonchev–Trinajstić information content (AvgIpc) is 3.35. The molecule has 1 amide bonds. The van der Waals surface area contributed by atoms with Gasteiger partial charge in [-0.3, -0.25) is 9.69 Å². The van der Waals surface area contributed by atoms with Crippen LogP contribution in [0.4, 0.5) is 27.8 Å². The first-order valence-corrected chi connectivity index (χ1v) is 11.5. The first-order chi connectivity index (χ1) is 13.9. The Bertz CT molecular complexity index is 1140. The van der Waals surface area contributed by atoms with Crippen molar-refractivity contribution in [1.29, 1.82) is 0 Å². The quantitative estimate of drug-likeness (QED) is 0.603. The van der Waals surface area contributed by atoms with Crippen LogP contribution in [-0.4, -0.2) is 31.2 Å². The van der Waals surface area contributed by atoms with Gasteiger partial charge in [0.15, 0.2) is 15.7 Å². The van der Waals surface area contributed by atoms with Gasteiger partial charge in [-0.05, 0) is 31.0 Å². The number of anilines is 1. The van der Waals surface area contributed by atoms with Crippen molar-refractivity contribution in [1.82, 2.24) is 4.98 Å². The van der Waals surface area contributed by atoms with Gasteiger partial charge in [-0.2, -0.15) is 22.0 Å². The number of thiophene rings is 1. The molecule has 0 radical (unpaired) electrons. The minimum Gasteiger partial charge on any atom is -0.286 e. The average molecular weight is 466 g/mol. The van der Waals surface area contributed by atoms with E-state index in [0.29, 0.717) is 11.8 Å². The molecule has 2 aromatic heterocycles. The summed E-state index contributed by atoms with van der Waals surface area (Å²) in [7, 11) is -3.75. The van der Waals surface area contributed by atoms with Gasteiger partial charge in [0.05, 0.1) is 22.7 Å². The number of alkyl halides is 5. The van der Waals surface area contributed by atoms with Gasteiger partial charge in [0.1, 0.15) is 4.90 Å². The molecule has 0 unspecified atom stereocenters. The van der Waals surface area contributed by atoms with E-state index in [-0.39, 0.29) is 50.7 Å². The first-order valence-electron chi connectivity index (χ1n) is 9.00. The van der Waals surface area contributed by atoms with E-state index in [0.717, 1.165) is 17.7 Å². The molecule has 4 rings (SSSR count). The lowest BCUT2D eigenvalue weighted by Crippen LogP contribution is -2.33. The SMILES string of the molecule is CCS(=O)(=O)c1ccc(C2CC2)nc1N1Cc2sc(C(F)(F)C(F)(F)F)cc2C1=O. The maximum absolute atomic E-state index is 13.6. The van der Waals surface area contributed by atoms with Crippen molar-refractivity contribution in [3.8, 4) is 0 Å². The molecule has 1 aliphatic carbocycles. The van der Waals surface area contributed by atoms with Gasteiger partial charge in [-0.25, -0.2) is 13.4 Å². The highest BCUT2D eigenvalue weighted by atomic mass is 32.2. The Morgan fingerprint density at radius 2 is 1.87 bits per heavy atom. The summed E-state index contributed by atoms with van der Waals surface area (Å²) in [5.74, 6) is -6.12. The summed E-state index contributed by atoms with van der Waals surface area (Å²) in [5, 5.41) is 0. The Balaban J connectivity index is 1.75. The van der Waals surface area contributed by atoms with Crippen LogP contribution in [0.15, 0.2) is 23.1 Å². The van der Waals surface area contributed by atoms with Gasteiger partial charge >= 0.3 is 12.1 Å². The number of amides is 1. The van der Waals surface area contributed by atoms with Crippen LogP contribution in [0.2, 0.25) is 0 Å². The molecule has 5 nitrogen and oxygen atoms in total. The normalized spacial score (nSPS) is 17.5. The summed E-state index contributed by atoms with van der Waals surface area (Å²) >= 11 is 0.190. The van der Waals surface area contributed by atoms with E-state index in [1.807, 2.05) is 0 Å². The molecule has 0 N–H and O–H groups in total. The highest BCUT2D eigenvalue weighted by Crippen LogP contribution is 2.49. The lowest BCUT2D eigenvalue weighted by molar-refractivity contribution is -0.287. The Hall–Kier alpha value is -2.08. The number of rotatable bonds is 5. The van der Waals surface area contributed by atoms with Crippen molar-refractivity contribution in [3.05, 3.63) is 39.2 Å². The smallest absolute Gasteiger partial charge is 0.286 e. The molecule has 0 saturated heterocycles. The van der Waals surface area contributed by atoms with E-state index >= 15 is 0 Å². The zero-order valence-corrected chi connectivity index (χ0v) is 17.1. The third-order valence-corrected chi connectivity index (χ3v) is 8.02. The maximum Gasteiger partial charge on any atom is 0.458 e. The second-order valence-corrected chi connectivity index (χ2v) is 10.5. The Morgan fingerprint density at radius 3 is 2.40 bits per heavy atom. The van der Waals surface area contributed by atoms with Crippen LogP contribution in [0.5, 0.6) is 0 Å². The molecule has 0 atom stereocenters. The van der Waals surface area contributed by atoms with Crippen molar-refractivity contribution in [2.45, 2.75) is 49.2 Å². The molecule has 0 aromatic carbocycles. The molecule has 12 heteroatoms. The zero-order chi connectivity index (χ0) is 22.1. The Kier molecular flexibility index (Phi) is 4.73. The topological polar surface area (TPSA) is 67.3 Å². The fourth-order valence-corrected chi connectivity index (χ4v) is 5.36. The fourth-order valence-electron chi connectivity index (χ4n) is 3.20. The number of carbonyl (C=O) groups is 1. The highest BCUT2D eigenvalue weighted by Gasteiger charge is 2.60. The van der Waals surface area contributed by atoms with E-state index < -0.39 is 32.7 Å². The van der Waals surface area contributed by atoms with Crippen LogP contribution in [0.25, 0.3) is 0 Å². The predicted octanol–water partition coefficient (Wildman–Crippen LogP) is 4.63. The van der Waals surface area contributed by atoms with Gasteiger partial charge in [0, 0.05) is 16.5 Å². The minimum absolute atomic E-state index is 0.0115. The van der Waals surface area contributed by atoms with Gasteiger partial charge in [-0.15, -0.1) is 11.3 Å². The number of nitrogens with zero attached hydrogens (tertiary/aromatic N) is 2.